The van der Waals surface area contributed by atoms with Crippen molar-refractivity contribution < 1.29 is 8.85 Å². The molecule has 0 radical (unpaired) electrons. The summed E-state index contributed by atoms with van der Waals surface area (Å²) in [6, 6.07) is 73.1. The van der Waals surface area contributed by atoms with E-state index in [0.717, 1.165) is 23.2 Å². The molecule has 0 heterocycles. The van der Waals surface area contributed by atoms with Crippen LogP contribution in [0.4, 0.5) is 0 Å². The highest BCUT2D eigenvalue weighted by Crippen LogP contribution is 2.61. The highest BCUT2D eigenvalue weighted by Gasteiger charge is 2.55. The molecule has 8 aromatic rings. The summed E-state index contributed by atoms with van der Waals surface area (Å²) < 4.78 is 14.0. The lowest BCUT2D eigenvalue weighted by atomic mass is 9.51. The second kappa shape index (κ2) is 12.9. The van der Waals surface area contributed by atoms with Crippen LogP contribution < -0.4 is 10.4 Å². The van der Waals surface area contributed by atoms with E-state index in [1.807, 2.05) is 14.2 Å². The van der Waals surface area contributed by atoms with Gasteiger partial charge in [0.05, 0.1) is 10.8 Å². The minimum Gasteiger partial charge on any atom is -0.391 e. The van der Waals surface area contributed by atoms with Crippen LogP contribution in [0, 0.1) is 0 Å². The van der Waals surface area contributed by atoms with Gasteiger partial charge in [0.15, 0.2) is 0 Å². The fourth-order valence-corrected chi connectivity index (χ4v) is 15.7. The molecule has 8 aromatic carbocycles. The molecule has 0 saturated carbocycles. The molecule has 14 rings (SSSR count). The molecule has 2 nitrogen and oxygen atoms in total. The van der Waals surface area contributed by atoms with Crippen LogP contribution in [0.2, 0.25) is 0 Å². The van der Waals surface area contributed by atoms with Crippen LogP contribution in [0.15, 0.2) is 194 Å². The summed E-state index contributed by atoms with van der Waals surface area (Å²) in [7, 11) is 0.375. The first-order chi connectivity index (χ1) is 29.2. The fourth-order valence-electron chi connectivity index (χ4n) is 12.5. The number of hydrogen-bond donors (Lipinski definition) is 0. The summed E-state index contributed by atoms with van der Waals surface area (Å²) in [6.07, 6.45) is 1.56. The summed E-state index contributed by atoms with van der Waals surface area (Å²) in [5, 5.41) is 2.33. The third kappa shape index (κ3) is 4.48. The monoisotopic (exact) mass is 776 g/mol. The highest BCUT2D eigenvalue weighted by atomic mass is 28.4. The van der Waals surface area contributed by atoms with E-state index in [1.165, 1.54) is 77.9 Å². The van der Waals surface area contributed by atoms with E-state index in [-0.39, 0.29) is 22.7 Å². The van der Waals surface area contributed by atoms with Gasteiger partial charge < -0.3 is 8.85 Å². The Morgan fingerprint density at radius 2 is 0.576 bits per heavy atom. The Morgan fingerprint density at radius 3 is 0.847 bits per heavy atom. The molecular weight excluding hydrogens is 733 g/mol. The zero-order valence-corrected chi connectivity index (χ0v) is 34.4. The molecule has 3 heteroatoms. The number of benzene rings is 8. The predicted octanol–water partition coefficient (Wildman–Crippen LogP) is 10.3. The number of rotatable bonds is 8. The van der Waals surface area contributed by atoms with Gasteiger partial charge in [-0.2, -0.15) is 0 Å². The molecule has 0 saturated heterocycles. The van der Waals surface area contributed by atoms with Crippen molar-refractivity contribution in [3.63, 3.8) is 0 Å². The molecule has 0 aliphatic heterocycles. The second-order valence-electron chi connectivity index (χ2n) is 16.9. The number of hydrogen-bond acceptors (Lipinski definition) is 2. The molecule has 284 valence electrons. The molecule has 0 unspecified atom stereocenters. The van der Waals surface area contributed by atoms with Crippen LogP contribution in [0.25, 0.3) is 0 Å². The van der Waals surface area contributed by atoms with Gasteiger partial charge in [-0.05, 0) is 90.7 Å². The third-order valence-electron chi connectivity index (χ3n) is 14.6. The lowest BCUT2D eigenvalue weighted by Crippen LogP contribution is -2.65. The Morgan fingerprint density at radius 1 is 0.339 bits per heavy atom. The largest absolute Gasteiger partial charge is 0.407 e. The lowest BCUT2D eigenvalue weighted by molar-refractivity contribution is 0.272. The smallest absolute Gasteiger partial charge is 0.391 e. The topological polar surface area (TPSA) is 18.5 Å². The van der Waals surface area contributed by atoms with E-state index < -0.39 is 8.56 Å². The quantitative estimate of drug-likeness (QED) is 0.143. The summed E-state index contributed by atoms with van der Waals surface area (Å²) in [5.41, 5.74) is 18.7. The van der Waals surface area contributed by atoms with Crippen molar-refractivity contribution in [1.29, 1.82) is 0 Å². The second-order valence-corrected chi connectivity index (χ2v) is 20.0. The zero-order valence-electron chi connectivity index (χ0n) is 33.4. The normalized spacial score (nSPS) is 21.1. The minimum atomic E-state index is -3.37. The van der Waals surface area contributed by atoms with Crippen molar-refractivity contribution in [2.45, 2.75) is 35.5 Å². The molecule has 0 aromatic heterocycles. The van der Waals surface area contributed by atoms with Gasteiger partial charge in [-0.3, -0.25) is 0 Å². The lowest BCUT2D eigenvalue weighted by Gasteiger charge is -2.51. The van der Waals surface area contributed by atoms with Gasteiger partial charge in [-0.15, -0.1) is 0 Å². The SMILES string of the molecule is CO[Si](OC)(c1ccccc1CC12c3ccccc3C(c3ccccc31)c1ccccc12)c1ccccc1CC12c3ccccc3C(c3ccccc31)c1ccccc12. The molecule has 4 bridgehead atoms. The molecule has 59 heavy (non-hydrogen) atoms. The summed E-state index contributed by atoms with van der Waals surface area (Å²) in [6.45, 7) is 0. The van der Waals surface area contributed by atoms with Crippen molar-refractivity contribution in [2.75, 3.05) is 14.2 Å². The maximum Gasteiger partial charge on any atom is 0.407 e. The maximum atomic E-state index is 7.01. The Bertz CT molecular complexity index is 2550. The van der Waals surface area contributed by atoms with Crippen LogP contribution in [0.1, 0.15) is 89.7 Å². The van der Waals surface area contributed by atoms with Crippen molar-refractivity contribution in [1.82, 2.24) is 0 Å². The molecule has 0 fully saturated rings. The van der Waals surface area contributed by atoms with Gasteiger partial charge >= 0.3 is 8.56 Å². The van der Waals surface area contributed by atoms with Crippen molar-refractivity contribution in [2.24, 2.45) is 0 Å². The maximum absolute atomic E-state index is 7.01. The summed E-state index contributed by atoms with van der Waals surface area (Å²) in [4.78, 5) is 0. The summed E-state index contributed by atoms with van der Waals surface area (Å²) >= 11 is 0. The Hall–Kier alpha value is -6.10. The van der Waals surface area contributed by atoms with Crippen LogP contribution in [-0.4, -0.2) is 22.8 Å². The van der Waals surface area contributed by atoms with Gasteiger partial charge in [0, 0.05) is 36.4 Å². The molecule has 0 N–H and O–H groups in total. The van der Waals surface area contributed by atoms with Gasteiger partial charge in [-0.25, -0.2) is 0 Å². The van der Waals surface area contributed by atoms with Crippen molar-refractivity contribution in [3.8, 4) is 0 Å². The van der Waals surface area contributed by atoms with E-state index >= 15 is 0 Å². The van der Waals surface area contributed by atoms with Crippen LogP contribution in [0.3, 0.4) is 0 Å². The Balaban J connectivity index is 1.07. The molecule has 0 spiro atoms. The van der Waals surface area contributed by atoms with Crippen LogP contribution in [0.5, 0.6) is 0 Å². The third-order valence-corrected chi connectivity index (χ3v) is 18.2. The molecule has 0 atom stereocenters. The van der Waals surface area contributed by atoms with Gasteiger partial charge in [0.25, 0.3) is 0 Å². The first-order valence-corrected chi connectivity index (χ1v) is 22.8. The van der Waals surface area contributed by atoms with E-state index in [4.69, 9.17) is 8.85 Å². The first kappa shape index (κ1) is 34.9. The van der Waals surface area contributed by atoms with E-state index in [0.29, 0.717) is 0 Å². The fraction of sp³-hybridized carbons (Fsp3) is 0.143. The average molecular weight is 777 g/mol. The van der Waals surface area contributed by atoms with Gasteiger partial charge in [0.2, 0.25) is 0 Å². The summed E-state index contributed by atoms with van der Waals surface area (Å²) in [5.74, 6) is 0.451. The van der Waals surface area contributed by atoms with Crippen molar-refractivity contribution in [3.05, 3.63) is 272 Å². The molecular formula is C56H44O2Si. The van der Waals surface area contributed by atoms with Crippen LogP contribution >= 0.6 is 0 Å². The van der Waals surface area contributed by atoms with Crippen LogP contribution in [-0.2, 0) is 32.5 Å². The van der Waals surface area contributed by atoms with Crippen molar-refractivity contribution >= 4 is 18.9 Å². The van der Waals surface area contributed by atoms with E-state index in [1.54, 1.807) is 0 Å². The molecule has 0 amide bonds. The Kier molecular flexibility index (Phi) is 7.66. The molecule has 6 aliphatic rings. The zero-order chi connectivity index (χ0) is 39.3. The minimum absolute atomic E-state index is 0.226. The molecule has 6 aliphatic carbocycles. The first-order valence-electron chi connectivity index (χ1n) is 21.0. The standard InChI is InChI=1S/C56H44O2Si/c1-57-59(58-2,51-33-17-3-19-37(51)35-55-45-27-11-5-21-39(45)53(40-22-6-12-28-46(40)55)41-23-7-13-29-47(41)55)52-34-18-4-20-38(52)36-56-48-30-14-8-24-42(48)54(43-25-9-15-31-49(43)56)44-26-10-16-32-50(44)56/h3-34,53-54H,35-36H2,1-2H3. The predicted molar refractivity (Wildman–Crippen MR) is 240 cm³/mol. The Labute approximate surface area is 348 Å². The van der Waals surface area contributed by atoms with E-state index in [2.05, 4.69) is 194 Å². The average Bonchev–Trinajstić information content (AvgIpc) is 3.31. The van der Waals surface area contributed by atoms with Gasteiger partial charge in [0.1, 0.15) is 0 Å². The van der Waals surface area contributed by atoms with Gasteiger partial charge in [-0.1, -0.05) is 194 Å². The highest BCUT2D eigenvalue weighted by molar-refractivity contribution is 6.93. The van der Waals surface area contributed by atoms with E-state index in [9.17, 15) is 0 Å².